The summed E-state index contributed by atoms with van der Waals surface area (Å²) in [5, 5.41) is 3.42. The largest absolute Gasteiger partial charge is 0.495 e. The number of hydrogen-bond donors (Lipinski definition) is 1. The molecule has 2 aromatic rings. The van der Waals surface area contributed by atoms with Gasteiger partial charge in [-0.25, -0.2) is 8.42 Å². The van der Waals surface area contributed by atoms with Crippen LogP contribution in [0.3, 0.4) is 0 Å². The predicted octanol–water partition coefficient (Wildman–Crippen LogP) is 3.91. The zero-order valence-corrected chi connectivity index (χ0v) is 16.9. The second-order valence-electron chi connectivity index (χ2n) is 5.23. The number of amides is 1. The summed E-state index contributed by atoms with van der Waals surface area (Å²) in [6.45, 7) is -0.444. The van der Waals surface area contributed by atoms with Crippen molar-refractivity contribution < 1.29 is 17.9 Å². The molecule has 1 N–H and O–H groups in total. The van der Waals surface area contributed by atoms with Crippen molar-refractivity contribution in [1.29, 1.82) is 0 Å². The number of benzene rings is 2. The van der Waals surface area contributed by atoms with Gasteiger partial charge in [0.15, 0.2) is 0 Å². The Morgan fingerprint density at radius 2 is 1.73 bits per heavy atom. The molecule has 0 bridgehead atoms. The van der Waals surface area contributed by atoms with Gasteiger partial charge in [0.1, 0.15) is 10.6 Å². The van der Waals surface area contributed by atoms with Crippen molar-refractivity contribution in [2.75, 3.05) is 26.0 Å². The highest BCUT2D eigenvalue weighted by atomic mass is 35.5. The minimum Gasteiger partial charge on any atom is -0.495 e. The molecule has 0 saturated carbocycles. The summed E-state index contributed by atoms with van der Waals surface area (Å²) >= 11 is 17.7. The maximum Gasteiger partial charge on any atom is 0.247 e. The number of nitrogens with one attached hydrogen (secondary N) is 1. The summed E-state index contributed by atoms with van der Waals surface area (Å²) in [6, 6.07) is 8.77. The first kappa shape index (κ1) is 20.8. The Kier molecular flexibility index (Phi) is 6.76. The lowest BCUT2D eigenvalue weighted by molar-refractivity contribution is -0.116. The number of nitrogens with zero attached hydrogens (tertiary/aromatic N) is 1. The molecular formula is C16H15Cl3N2O4S. The van der Waals surface area contributed by atoms with E-state index < -0.39 is 22.5 Å². The monoisotopic (exact) mass is 436 g/mol. The molecule has 2 aromatic carbocycles. The Hall–Kier alpha value is -1.51. The van der Waals surface area contributed by atoms with Crippen LogP contribution in [-0.4, -0.2) is 39.3 Å². The highest BCUT2D eigenvalue weighted by Gasteiger charge is 2.27. The fourth-order valence-corrected chi connectivity index (χ4v) is 3.97. The number of hydrogen-bond acceptors (Lipinski definition) is 4. The number of halogens is 3. The summed E-state index contributed by atoms with van der Waals surface area (Å²) < 4.78 is 31.4. The summed E-state index contributed by atoms with van der Waals surface area (Å²) in [5.41, 5.74) is 0.287. The molecule has 0 unspecified atom stereocenters. The highest BCUT2D eigenvalue weighted by molar-refractivity contribution is 7.89. The van der Waals surface area contributed by atoms with Gasteiger partial charge in [-0.05, 0) is 36.4 Å². The van der Waals surface area contributed by atoms with Crippen molar-refractivity contribution in [2.45, 2.75) is 4.90 Å². The van der Waals surface area contributed by atoms with Crippen molar-refractivity contribution in [3.8, 4) is 5.75 Å². The van der Waals surface area contributed by atoms with E-state index in [9.17, 15) is 13.2 Å². The van der Waals surface area contributed by atoms with Crippen molar-refractivity contribution in [2.24, 2.45) is 0 Å². The molecule has 0 saturated heterocycles. The number of carbonyl (C=O) groups excluding carboxylic acids is 1. The smallest absolute Gasteiger partial charge is 0.247 e. The number of methoxy groups -OCH3 is 1. The first-order valence-corrected chi connectivity index (χ1v) is 9.77. The molecule has 6 nitrogen and oxygen atoms in total. The average molecular weight is 438 g/mol. The molecule has 140 valence electrons. The van der Waals surface area contributed by atoms with Gasteiger partial charge in [-0.15, -0.1) is 0 Å². The van der Waals surface area contributed by atoms with Crippen molar-refractivity contribution in [3.05, 3.63) is 51.5 Å². The molecule has 0 aliphatic heterocycles. The van der Waals surface area contributed by atoms with Crippen LogP contribution in [0.1, 0.15) is 0 Å². The van der Waals surface area contributed by atoms with Crippen LogP contribution in [0, 0.1) is 0 Å². The molecule has 0 atom stereocenters. The fraction of sp³-hybridized carbons (Fsp3) is 0.188. The number of likely N-dealkylation sites (N-methyl/N-ethyl adjacent to an activating group) is 1. The van der Waals surface area contributed by atoms with Gasteiger partial charge in [0.05, 0.1) is 24.4 Å². The predicted molar refractivity (Wildman–Crippen MR) is 103 cm³/mol. The third-order valence-electron chi connectivity index (χ3n) is 3.38. The van der Waals surface area contributed by atoms with Gasteiger partial charge in [-0.3, -0.25) is 4.79 Å². The minimum absolute atomic E-state index is 0.125. The zero-order valence-electron chi connectivity index (χ0n) is 13.8. The van der Waals surface area contributed by atoms with Crippen LogP contribution in [0.15, 0.2) is 41.3 Å². The molecule has 0 spiro atoms. The Labute approximate surface area is 166 Å². The van der Waals surface area contributed by atoms with E-state index in [4.69, 9.17) is 39.5 Å². The van der Waals surface area contributed by atoms with Crippen LogP contribution in [0.5, 0.6) is 5.75 Å². The maximum atomic E-state index is 12.7. The molecule has 26 heavy (non-hydrogen) atoms. The lowest BCUT2D eigenvalue weighted by atomic mass is 10.3. The molecule has 0 aliphatic rings. The van der Waals surface area contributed by atoms with Gasteiger partial charge in [-0.1, -0.05) is 34.8 Å². The minimum atomic E-state index is -4.01. The van der Waals surface area contributed by atoms with E-state index in [2.05, 4.69) is 5.32 Å². The van der Waals surface area contributed by atoms with Crippen LogP contribution < -0.4 is 10.1 Å². The van der Waals surface area contributed by atoms with Crippen LogP contribution in [0.2, 0.25) is 15.1 Å². The molecule has 2 rings (SSSR count). The number of anilines is 1. The fourth-order valence-electron chi connectivity index (χ4n) is 2.09. The highest BCUT2D eigenvalue weighted by Crippen LogP contribution is 2.29. The Balaban J connectivity index is 2.20. The van der Waals surface area contributed by atoms with E-state index in [1.54, 1.807) is 6.07 Å². The van der Waals surface area contributed by atoms with Crippen LogP contribution in [0.25, 0.3) is 0 Å². The van der Waals surface area contributed by atoms with Gasteiger partial charge in [-0.2, -0.15) is 4.31 Å². The maximum absolute atomic E-state index is 12.7. The molecular weight excluding hydrogens is 423 g/mol. The topological polar surface area (TPSA) is 75.7 Å². The SMILES string of the molecule is COc1ccc(Cl)cc1S(=O)(=O)N(C)CC(=O)Nc1cc(Cl)ccc1Cl. The van der Waals surface area contributed by atoms with Crippen molar-refractivity contribution >= 4 is 56.4 Å². The Bertz CT molecular complexity index is 935. The summed E-state index contributed by atoms with van der Waals surface area (Å²) in [6.07, 6.45) is 0. The molecule has 1 amide bonds. The number of carbonyl (C=O) groups is 1. The summed E-state index contributed by atoms with van der Waals surface area (Å²) in [7, 11) is -1.39. The second kappa shape index (κ2) is 8.45. The van der Waals surface area contributed by atoms with Crippen LogP contribution >= 0.6 is 34.8 Å². The van der Waals surface area contributed by atoms with E-state index in [1.807, 2.05) is 0 Å². The van der Waals surface area contributed by atoms with Crippen LogP contribution in [0.4, 0.5) is 5.69 Å². The molecule has 0 aromatic heterocycles. The number of sulfonamides is 1. The van der Waals surface area contributed by atoms with E-state index in [0.717, 1.165) is 4.31 Å². The molecule has 0 aliphatic carbocycles. The Morgan fingerprint density at radius 3 is 2.38 bits per heavy atom. The van der Waals surface area contributed by atoms with E-state index >= 15 is 0 Å². The molecule has 10 heteroatoms. The van der Waals surface area contributed by atoms with E-state index in [1.165, 1.54) is 44.5 Å². The first-order chi connectivity index (χ1) is 12.1. The lowest BCUT2D eigenvalue weighted by Crippen LogP contribution is -2.35. The standard InChI is InChI=1S/C16H15Cl3N2O4S/c1-21(9-16(22)20-13-7-10(17)3-5-12(13)19)26(23,24)15-8-11(18)4-6-14(15)25-2/h3-8H,9H2,1-2H3,(H,20,22). The third kappa shape index (κ3) is 4.81. The van der Waals surface area contributed by atoms with E-state index in [-0.39, 0.29) is 26.4 Å². The van der Waals surface area contributed by atoms with Crippen molar-refractivity contribution in [3.63, 3.8) is 0 Å². The number of rotatable bonds is 6. The normalized spacial score (nSPS) is 11.5. The van der Waals surface area contributed by atoms with Gasteiger partial charge in [0, 0.05) is 17.1 Å². The average Bonchev–Trinajstić information content (AvgIpc) is 2.58. The summed E-state index contributed by atoms with van der Waals surface area (Å²) in [4.78, 5) is 12.1. The Morgan fingerprint density at radius 1 is 1.12 bits per heavy atom. The zero-order chi connectivity index (χ0) is 19.5. The molecule has 0 fully saturated rings. The number of ether oxygens (including phenoxy) is 1. The third-order valence-corrected chi connectivity index (χ3v) is 6.01. The second-order valence-corrected chi connectivity index (χ2v) is 8.52. The van der Waals surface area contributed by atoms with Gasteiger partial charge in [0.25, 0.3) is 0 Å². The molecule has 0 radical (unpaired) electrons. The molecule has 0 heterocycles. The van der Waals surface area contributed by atoms with Crippen molar-refractivity contribution in [1.82, 2.24) is 4.31 Å². The van der Waals surface area contributed by atoms with Crippen LogP contribution in [-0.2, 0) is 14.8 Å². The van der Waals surface area contributed by atoms with Gasteiger partial charge >= 0.3 is 0 Å². The lowest BCUT2D eigenvalue weighted by Gasteiger charge is -2.19. The van der Waals surface area contributed by atoms with Gasteiger partial charge in [0.2, 0.25) is 15.9 Å². The quantitative estimate of drug-likeness (QED) is 0.743. The van der Waals surface area contributed by atoms with E-state index in [0.29, 0.717) is 5.02 Å². The summed E-state index contributed by atoms with van der Waals surface area (Å²) in [5.74, 6) is -0.458. The first-order valence-electron chi connectivity index (χ1n) is 7.20. The van der Waals surface area contributed by atoms with Gasteiger partial charge < -0.3 is 10.1 Å².